The summed E-state index contributed by atoms with van der Waals surface area (Å²) in [4.78, 5) is 6.52. The van der Waals surface area contributed by atoms with E-state index in [-0.39, 0.29) is 0 Å². The Morgan fingerprint density at radius 2 is 2.17 bits per heavy atom. The summed E-state index contributed by atoms with van der Waals surface area (Å²) in [5, 5.41) is 1.02. The summed E-state index contributed by atoms with van der Waals surface area (Å²) in [6.45, 7) is 6.36. The first-order chi connectivity index (χ1) is 5.65. The van der Waals surface area contributed by atoms with Crippen LogP contribution in [-0.2, 0) is 6.42 Å². The zero-order chi connectivity index (χ0) is 9.14. The Morgan fingerprint density at radius 3 is 2.58 bits per heavy atom. The van der Waals surface area contributed by atoms with Crippen molar-refractivity contribution in [1.29, 1.82) is 0 Å². The van der Waals surface area contributed by atoms with E-state index in [9.17, 15) is 0 Å². The normalized spacial score (nSPS) is 10.8. The molecule has 0 atom stereocenters. The Kier molecular flexibility index (Phi) is 3.03. The van der Waals surface area contributed by atoms with Crippen molar-refractivity contribution in [2.45, 2.75) is 33.2 Å². The lowest BCUT2D eigenvalue weighted by atomic mass is 10.4. The molecular weight excluding hydrogens is 170 g/mol. The molecule has 3 nitrogen and oxygen atoms in total. The van der Waals surface area contributed by atoms with Crippen molar-refractivity contribution in [3.05, 3.63) is 5.82 Å². The fourth-order valence-corrected chi connectivity index (χ4v) is 1.60. The van der Waals surface area contributed by atoms with Gasteiger partial charge in [0.1, 0.15) is 5.82 Å². The van der Waals surface area contributed by atoms with Crippen LogP contribution >= 0.6 is 11.5 Å². The molecule has 0 bridgehead atoms. The monoisotopic (exact) mass is 185 g/mol. The van der Waals surface area contributed by atoms with Gasteiger partial charge < -0.3 is 4.90 Å². The number of aromatic nitrogens is 2. The van der Waals surface area contributed by atoms with Gasteiger partial charge in [0.15, 0.2) is 0 Å². The van der Waals surface area contributed by atoms with E-state index in [1.807, 2.05) is 7.05 Å². The van der Waals surface area contributed by atoms with Gasteiger partial charge in [-0.2, -0.15) is 4.37 Å². The first-order valence-electron chi connectivity index (χ1n) is 4.20. The van der Waals surface area contributed by atoms with Crippen LogP contribution in [0.5, 0.6) is 0 Å². The molecule has 0 amide bonds. The summed E-state index contributed by atoms with van der Waals surface area (Å²) in [6, 6.07) is 0.489. The van der Waals surface area contributed by atoms with Gasteiger partial charge in [-0.05, 0) is 13.8 Å². The lowest BCUT2D eigenvalue weighted by Crippen LogP contribution is -2.25. The van der Waals surface area contributed by atoms with Crippen molar-refractivity contribution in [2.75, 3.05) is 11.9 Å². The lowest BCUT2D eigenvalue weighted by Gasteiger charge is -2.19. The Balaban J connectivity index is 2.74. The van der Waals surface area contributed by atoms with Crippen molar-refractivity contribution < 1.29 is 0 Å². The van der Waals surface area contributed by atoms with Gasteiger partial charge in [-0.25, -0.2) is 4.98 Å². The van der Waals surface area contributed by atoms with Gasteiger partial charge in [0.05, 0.1) is 0 Å². The summed E-state index contributed by atoms with van der Waals surface area (Å²) in [6.07, 6.45) is 0.919. The molecular formula is C8H15N3S. The fourth-order valence-electron chi connectivity index (χ4n) is 0.752. The highest BCUT2D eigenvalue weighted by Crippen LogP contribution is 2.17. The zero-order valence-corrected chi connectivity index (χ0v) is 8.85. The van der Waals surface area contributed by atoms with Crippen LogP contribution in [-0.4, -0.2) is 22.4 Å². The molecule has 0 aliphatic rings. The van der Waals surface area contributed by atoms with Crippen LogP contribution in [0.4, 0.5) is 5.13 Å². The Morgan fingerprint density at radius 1 is 1.50 bits per heavy atom. The molecule has 0 aromatic carbocycles. The first kappa shape index (κ1) is 9.45. The number of hydrogen-bond donors (Lipinski definition) is 0. The minimum atomic E-state index is 0.489. The number of rotatable bonds is 3. The molecule has 12 heavy (non-hydrogen) atoms. The predicted molar refractivity (Wildman–Crippen MR) is 52.8 cm³/mol. The number of anilines is 1. The molecule has 0 fully saturated rings. The van der Waals surface area contributed by atoms with Crippen LogP contribution in [0.1, 0.15) is 26.6 Å². The van der Waals surface area contributed by atoms with Crippen molar-refractivity contribution in [2.24, 2.45) is 0 Å². The Bertz CT molecular complexity index is 244. The maximum absolute atomic E-state index is 4.38. The molecule has 0 N–H and O–H groups in total. The summed E-state index contributed by atoms with van der Waals surface area (Å²) in [7, 11) is 2.05. The van der Waals surface area contributed by atoms with E-state index in [4.69, 9.17) is 0 Å². The van der Waals surface area contributed by atoms with Gasteiger partial charge in [-0.3, -0.25) is 0 Å². The quantitative estimate of drug-likeness (QED) is 0.720. The van der Waals surface area contributed by atoms with Gasteiger partial charge in [0.2, 0.25) is 5.13 Å². The molecule has 0 spiro atoms. The minimum absolute atomic E-state index is 0.489. The van der Waals surface area contributed by atoms with E-state index >= 15 is 0 Å². The van der Waals surface area contributed by atoms with Crippen LogP contribution in [0.2, 0.25) is 0 Å². The highest BCUT2D eigenvalue weighted by Gasteiger charge is 2.09. The maximum atomic E-state index is 4.38. The van der Waals surface area contributed by atoms with Crippen molar-refractivity contribution >= 4 is 16.7 Å². The Labute approximate surface area is 77.6 Å². The third-order valence-corrected chi connectivity index (χ3v) is 2.69. The topological polar surface area (TPSA) is 29.0 Å². The van der Waals surface area contributed by atoms with Gasteiger partial charge >= 0.3 is 0 Å². The summed E-state index contributed by atoms with van der Waals surface area (Å²) in [5.74, 6) is 0.947. The molecule has 0 aliphatic heterocycles. The van der Waals surface area contributed by atoms with Crippen molar-refractivity contribution in [3.63, 3.8) is 0 Å². The smallest absolute Gasteiger partial charge is 0.205 e. The molecule has 1 heterocycles. The second-order valence-corrected chi connectivity index (χ2v) is 3.78. The predicted octanol–water partition coefficient (Wildman–Crippen LogP) is 1.95. The van der Waals surface area contributed by atoms with E-state index in [2.05, 4.69) is 35.0 Å². The molecule has 1 rings (SSSR count). The van der Waals surface area contributed by atoms with Gasteiger partial charge in [0.25, 0.3) is 0 Å². The average Bonchev–Trinajstić information content (AvgIpc) is 2.50. The molecule has 68 valence electrons. The largest absolute Gasteiger partial charge is 0.347 e. The number of hydrogen-bond acceptors (Lipinski definition) is 4. The molecule has 1 aromatic rings. The molecule has 0 aliphatic carbocycles. The van der Waals surface area contributed by atoms with Crippen molar-refractivity contribution in [1.82, 2.24) is 9.36 Å². The highest BCUT2D eigenvalue weighted by molar-refractivity contribution is 7.09. The molecule has 0 saturated heterocycles. The zero-order valence-electron chi connectivity index (χ0n) is 8.03. The van der Waals surface area contributed by atoms with Gasteiger partial charge in [-0.15, -0.1) is 0 Å². The molecule has 0 saturated carbocycles. The fraction of sp³-hybridized carbons (Fsp3) is 0.750. The van der Waals surface area contributed by atoms with Crippen LogP contribution in [0.15, 0.2) is 0 Å². The van der Waals surface area contributed by atoms with E-state index < -0.39 is 0 Å². The first-order valence-corrected chi connectivity index (χ1v) is 4.98. The van der Waals surface area contributed by atoms with Gasteiger partial charge in [-0.1, -0.05) is 6.92 Å². The molecule has 0 unspecified atom stereocenters. The van der Waals surface area contributed by atoms with Crippen molar-refractivity contribution in [3.8, 4) is 0 Å². The molecule has 0 radical (unpaired) electrons. The van der Waals surface area contributed by atoms with E-state index in [0.717, 1.165) is 17.4 Å². The van der Waals surface area contributed by atoms with Crippen LogP contribution in [0.3, 0.4) is 0 Å². The number of nitrogens with zero attached hydrogens (tertiary/aromatic N) is 3. The minimum Gasteiger partial charge on any atom is -0.347 e. The average molecular weight is 185 g/mol. The standard InChI is InChI=1S/C8H15N3S/c1-5-7-9-8(12-10-7)11(4)6(2)3/h6H,5H2,1-4H3. The maximum Gasteiger partial charge on any atom is 0.205 e. The SMILES string of the molecule is CCc1nsc(N(C)C(C)C)n1. The lowest BCUT2D eigenvalue weighted by molar-refractivity contribution is 0.749. The third-order valence-electron chi connectivity index (χ3n) is 1.85. The molecule has 1 aromatic heterocycles. The van der Waals surface area contributed by atoms with Crippen LogP contribution in [0.25, 0.3) is 0 Å². The van der Waals surface area contributed by atoms with E-state index in [1.165, 1.54) is 11.5 Å². The second kappa shape index (κ2) is 3.85. The van der Waals surface area contributed by atoms with Crippen LogP contribution in [0, 0.1) is 0 Å². The summed E-state index contributed by atoms with van der Waals surface area (Å²) in [5.41, 5.74) is 0. The second-order valence-electron chi connectivity index (χ2n) is 3.05. The van der Waals surface area contributed by atoms with Crippen LogP contribution < -0.4 is 4.90 Å². The van der Waals surface area contributed by atoms with E-state index in [1.54, 1.807) is 0 Å². The molecule has 4 heteroatoms. The number of aryl methyl sites for hydroxylation is 1. The van der Waals surface area contributed by atoms with E-state index in [0.29, 0.717) is 6.04 Å². The van der Waals surface area contributed by atoms with Gasteiger partial charge in [0, 0.05) is 31.0 Å². The highest BCUT2D eigenvalue weighted by atomic mass is 32.1. The Hall–Kier alpha value is -0.640. The summed E-state index contributed by atoms with van der Waals surface area (Å²) < 4.78 is 4.23. The summed E-state index contributed by atoms with van der Waals surface area (Å²) >= 11 is 1.48. The third kappa shape index (κ3) is 1.94.